The molecule has 1 saturated carbocycles. The number of nitrogens with two attached hydrogens (primary N) is 1. The molecule has 6 heteroatoms. The fraction of sp³-hybridized carbons (Fsp3) is 0.500. The van der Waals surface area contributed by atoms with Crippen molar-refractivity contribution in [1.29, 1.82) is 0 Å². The molecule has 5 nitrogen and oxygen atoms in total. The molecular weight excluding hydrogens is 318 g/mol. The number of halogens is 1. The fourth-order valence-electron chi connectivity index (χ4n) is 3.00. The molecule has 106 valence electrons. The lowest BCUT2D eigenvalue weighted by Crippen LogP contribution is -2.34. The molecule has 0 spiro atoms. The van der Waals surface area contributed by atoms with Gasteiger partial charge in [0.15, 0.2) is 5.82 Å². The number of hydrogen-bond acceptors (Lipinski definition) is 4. The van der Waals surface area contributed by atoms with Crippen LogP contribution < -0.4 is 5.73 Å². The summed E-state index contributed by atoms with van der Waals surface area (Å²) in [5, 5.41) is 12.3. The van der Waals surface area contributed by atoms with E-state index in [9.17, 15) is 0 Å². The lowest BCUT2D eigenvalue weighted by Gasteiger charge is -2.34. The SMILES string of the molecule is CC1(n2nnnc2-c2cc(N)cc(Br)c2)CCCCC1. The Morgan fingerprint density at radius 3 is 2.65 bits per heavy atom. The smallest absolute Gasteiger partial charge is 0.182 e. The Hall–Kier alpha value is -1.43. The summed E-state index contributed by atoms with van der Waals surface area (Å²) < 4.78 is 2.92. The highest BCUT2D eigenvalue weighted by molar-refractivity contribution is 9.10. The molecule has 0 saturated heterocycles. The summed E-state index contributed by atoms with van der Waals surface area (Å²) in [6.45, 7) is 2.24. The van der Waals surface area contributed by atoms with Crippen LogP contribution in [-0.2, 0) is 5.54 Å². The van der Waals surface area contributed by atoms with Crippen molar-refractivity contribution < 1.29 is 0 Å². The zero-order valence-electron chi connectivity index (χ0n) is 11.5. The highest BCUT2D eigenvalue weighted by Gasteiger charge is 2.32. The topological polar surface area (TPSA) is 69.6 Å². The van der Waals surface area contributed by atoms with E-state index in [1.54, 1.807) is 0 Å². The maximum Gasteiger partial charge on any atom is 0.182 e. The Labute approximate surface area is 126 Å². The van der Waals surface area contributed by atoms with Crippen LogP contribution in [0.3, 0.4) is 0 Å². The number of hydrogen-bond donors (Lipinski definition) is 1. The first-order chi connectivity index (χ1) is 9.58. The van der Waals surface area contributed by atoms with Crippen LogP contribution >= 0.6 is 15.9 Å². The molecule has 1 fully saturated rings. The molecule has 3 rings (SSSR count). The number of aromatic nitrogens is 4. The van der Waals surface area contributed by atoms with Gasteiger partial charge in [-0.05, 0) is 48.4 Å². The van der Waals surface area contributed by atoms with E-state index in [-0.39, 0.29) is 5.54 Å². The summed E-state index contributed by atoms with van der Waals surface area (Å²) in [5.74, 6) is 0.794. The van der Waals surface area contributed by atoms with Crippen molar-refractivity contribution in [3.63, 3.8) is 0 Å². The highest BCUT2D eigenvalue weighted by atomic mass is 79.9. The number of benzene rings is 1. The Morgan fingerprint density at radius 1 is 1.20 bits per heavy atom. The lowest BCUT2D eigenvalue weighted by molar-refractivity contribution is 0.197. The van der Waals surface area contributed by atoms with Crippen molar-refractivity contribution in [2.75, 3.05) is 5.73 Å². The molecule has 1 aliphatic carbocycles. The molecule has 0 atom stereocenters. The Kier molecular flexibility index (Phi) is 3.50. The van der Waals surface area contributed by atoms with Crippen LogP contribution in [0.5, 0.6) is 0 Å². The third-order valence-corrected chi connectivity index (χ3v) is 4.55. The van der Waals surface area contributed by atoms with Gasteiger partial charge in [0, 0.05) is 15.7 Å². The summed E-state index contributed by atoms with van der Waals surface area (Å²) in [4.78, 5) is 0. The molecule has 1 aliphatic rings. The molecule has 0 aliphatic heterocycles. The van der Waals surface area contributed by atoms with Crippen LogP contribution in [-0.4, -0.2) is 20.2 Å². The van der Waals surface area contributed by atoms with E-state index in [1.165, 1.54) is 19.3 Å². The molecule has 1 aromatic heterocycles. The predicted molar refractivity (Wildman–Crippen MR) is 82.1 cm³/mol. The van der Waals surface area contributed by atoms with Crippen molar-refractivity contribution in [2.24, 2.45) is 0 Å². The maximum absolute atomic E-state index is 5.92. The van der Waals surface area contributed by atoms with Crippen LogP contribution in [0.2, 0.25) is 0 Å². The zero-order chi connectivity index (χ0) is 14.2. The minimum Gasteiger partial charge on any atom is -0.399 e. The predicted octanol–water partition coefficient (Wildman–Crippen LogP) is 3.36. The van der Waals surface area contributed by atoms with Crippen molar-refractivity contribution in [3.05, 3.63) is 22.7 Å². The third-order valence-electron chi connectivity index (χ3n) is 4.09. The van der Waals surface area contributed by atoms with Gasteiger partial charge in [-0.1, -0.05) is 35.2 Å². The minimum absolute atomic E-state index is 0.00810. The highest BCUT2D eigenvalue weighted by Crippen LogP contribution is 2.36. The molecular formula is C14H18BrN5. The van der Waals surface area contributed by atoms with E-state index < -0.39 is 0 Å². The van der Waals surface area contributed by atoms with Gasteiger partial charge in [0.1, 0.15) is 0 Å². The van der Waals surface area contributed by atoms with Gasteiger partial charge in [-0.3, -0.25) is 0 Å². The molecule has 20 heavy (non-hydrogen) atoms. The van der Waals surface area contributed by atoms with Crippen LogP contribution in [0.15, 0.2) is 22.7 Å². The van der Waals surface area contributed by atoms with E-state index >= 15 is 0 Å². The van der Waals surface area contributed by atoms with Crippen LogP contribution in [0.1, 0.15) is 39.0 Å². The van der Waals surface area contributed by atoms with Crippen LogP contribution in [0.25, 0.3) is 11.4 Å². The van der Waals surface area contributed by atoms with Crippen LogP contribution in [0, 0.1) is 0 Å². The molecule has 1 aromatic carbocycles. The first-order valence-corrected chi connectivity index (χ1v) is 7.73. The lowest BCUT2D eigenvalue weighted by atomic mass is 9.83. The number of nitrogen functional groups attached to an aromatic ring is 1. The van der Waals surface area contributed by atoms with Gasteiger partial charge in [-0.2, -0.15) is 0 Å². The summed E-state index contributed by atoms with van der Waals surface area (Å²) >= 11 is 3.47. The first-order valence-electron chi connectivity index (χ1n) is 6.94. The molecule has 0 amide bonds. The van der Waals surface area contributed by atoms with Gasteiger partial charge >= 0.3 is 0 Å². The quantitative estimate of drug-likeness (QED) is 0.854. The molecule has 2 N–H and O–H groups in total. The minimum atomic E-state index is 0.00810. The summed E-state index contributed by atoms with van der Waals surface area (Å²) in [6, 6.07) is 5.80. The largest absolute Gasteiger partial charge is 0.399 e. The Morgan fingerprint density at radius 2 is 1.95 bits per heavy atom. The van der Waals surface area contributed by atoms with Gasteiger partial charge < -0.3 is 5.73 Å². The van der Waals surface area contributed by atoms with Gasteiger partial charge in [-0.15, -0.1) is 5.10 Å². The maximum atomic E-state index is 5.92. The van der Waals surface area contributed by atoms with Gasteiger partial charge in [0.25, 0.3) is 0 Å². The normalized spacial score (nSPS) is 18.1. The summed E-state index contributed by atoms with van der Waals surface area (Å²) in [5.41, 5.74) is 7.59. The summed E-state index contributed by atoms with van der Waals surface area (Å²) in [7, 11) is 0. The second kappa shape index (κ2) is 5.16. The van der Waals surface area contributed by atoms with Crippen molar-refractivity contribution >= 4 is 21.6 Å². The molecule has 0 unspecified atom stereocenters. The zero-order valence-corrected chi connectivity index (χ0v) is 13.1. The van der Waals surface area contributed by atoms with Gasteiger partial charge in [0.2, 0.25) is 0 Å². The average Bonchev–Trinajstić information content (AvgIpc) is 2.88. The van der Waals surface area contributed by atoms with E-state index in [0.29, 0.717) is 5.69 Å². The molecule has 0 radical (unpaired) electrons. The van der Waals surface area contributed by atoms with E-state index in [2.05, 4.69) is 38.4 Å². The Bertz CT molecular complexity index is 596. The number of nitrogens with zero attached hydrogens (tertiary/aromatic N) is 4. The van der Waals surface area contributed by atoms with Crippen molar-refractivity contribution in [1.82, 2.24) is 20.2 Å². The Balaban J connectivity index is 2.05. The van der Waals surface area contributed by atoms with Crippen molar-refractivity contribution in [2.45, 2.75) is 44.6 Å². The van der Waals surface area contributed by atoms with Crippen LogP contribution in [0.4, 0.5) is 5.69 Å². The second-order valence-electron chi connectivity index (χ2n) is 5.75. The number of rotatable bonds is 2. The van der Waals surface area contributed by atoms with Gasteiger partial charge in [0.05, 0.1) is 5.54 Å². The van der Waals surface area contributed by atoms with E-state index in [0.717, 1.165) is 28.7 Å². The number of anilines is 1. The van der Waals surface area contributed by atoms with E-state index in [1.807, 2.05) is 22.9 Å². The van der Waals surface area contributed by atoms with Gasteiger partial charge in [-0.25, -0.2) is 4.68 Å². The number of tetrazole rings is 1. The standard InChI is InChI=1S/C14H18BrN5/c1-14(5-3-2-4-6-14)20-13(17-18-19-20)10-7-11(15)9-12(16)8-10/h7-9H,2-6,16H2,1H3. The molecule has 0 bridgehead atoms. The van der Waals surface area contributed by atoms with E-state index in [4.69, 9.17) is 5.73 Å². The average molecular weight is 336 g/mol. The first kappa shape index (κ1) is 13.5. The molecule has 1 heterocycles. The van der Waals surface area contributed by atoms with Crippen molar-refractivity contribution in [3.8, 4) is 11.4 Å². The second-order valence-corrected chi connectivity index (χ2v) is 6.66. The third kappa shape index (κ3) is 2.44. The summed E-state index contributed by atoms with van der Waals surface area (Å²) in [6.07, 6.45) is 6.01. The monoisotopic (exact) mass is 335 g/mol. The molecule has 2 aromatic rings. The fourth-order valence-corrected chi connectivity index (χ4v) is 3.51.